The Morgan fingerprint density at radius 1 is 1.15 bits per heavy atom. The molecule has 0 spiro atoms. The van der Waals surface area contributed by atoms with E-state index in [2.05, 4.69) is 12.2 Å². The number of carbonyl (C=O) groups is 2. The van der Waals surface area contributed by atoms with Gasteiger partial charge in [-0.25, -0.2) is 0 Å². The summed E-state index contributed by atoms with van der Waals surface area (Å²) < 4.78 is 0. The van der Waals surface area contributed by atoms with Crippen molar-refractivity contribution < 1.29 is 9.59 Å². The third-order valence-corrected chi connectivity index (χ3v) is 4.04. The first-order valence-corrected chi connectivity index (χ1v) is 7.02. The van der Waals surface area contributed by atoms with E-state index < -0.39 is 11.8 Å². The van der Waals surface area contributed by atoms with Crippen molar-refractivity contribution in [2.75, 3.05) is 5.32 Å². The Labute approximate surface area is 118 Å². The lowest BCUT2D eigenvalue weighted by atomic mass is 10.00. The average Bonchev–Trinajstić information content (AvgIpc) is 2.85. The summed E-state index contributed by atoms with van der Waals surface area (Å²) in [6, 6.07) is 5.17. The Morgan fingerprint density at radius 2 is 1.75 bits per heavy atom. The number of nitrogens with two attached hydrogens (primary N) is 2. The summed E-state index contributed by atoms with van der Waals surface area (Å²) in [6.45, 7) is 2.18. The molecule has 1 saturated carbocycles. The number of hydrogen-bond donors (Lipinski definition) is 3. The van der Waals surface area contributed by atoms with Gasteiger partial charge in [0.15, 0.2) is 0 Å². The number of hydrogen-bond acceptors (Lipinski definition) is 3. The summed E-state index contributed by atoms with van der Waals surface area (Å²) >= 11 is 0. The van der Waals surface area contributed by atoms with Gasteiger partial charge < -0.3 is 16.8 Å². The lowest BCUT2D eigenvalue weighted by molar-refractivity contribution is 0.0999. The third kappa shape index (κ3) is 3.10. The van der Waals surface area contributed by atoms with Crippen molar-refractivity contribution >= 4 is 17.5 Å². The van der Waals surface area contributed by atoms with Gasteiger partial charge in [0.1, 0.15) is 0 Å². The van der Waals surface area contributed by atoms with E-state index in [1.54, 1.807) is 12.1 Å². The van der Waals surface area contributed by atoms with Gasteiger partial charge in [0.25, 0.3) is 0 Å². The molecule has 0 radical (unpaired) electrons. The van der Waals surface area contributed by atoms with Crippen LogP contribution in [0.3, 0.4) is 0 Å². The fraction of sp³-hybridized carbons (Fsp3) is 0.467. The molecule has 0 aromatic heterocycles. The number of primary amides is 2. The zero-order valence-electron chi connectivity index (χ0n) is 11.7. The van der Waals surface area contributed by atoms with Crippen LogP contribution in [0.25, 0.3) is 0 Å². The molecule has 0 heterocycles. The first kappa shape index (κ1) is 14.4. The van der Waals surface area contributed by atoms with Crippen LogP contribution in [0.5, 0.6) is 0 Å². The van der Waals surface area contributed by atoms with Crippen molar-refractivity contribution in [3.8, 4) is 0 Å². The second-order valence-corrected chi connectivity index (χ2v) is 5.38. The largest absolute Gasteiger partial charge is 0.382 e. The van der Waals surface area contributed by atoms with Crippen molar-refractivity contribution in [2.45, 2.75) is 38.6 Å². The molecule has 5 nitrogen and oxygen atoms in total. The second-order valence-electron chi connectivity index (χ2n) is 5.38. The lowest BCUT2D eigenvalue weighted by Gasteiger charge is -2.21. The molecule has 5 N–H and O–H groups in total. The number of nitrogens with one attached hydrogen (secondary N) is 1. The molecule has 1 aliphatic rings. The Bertz CT molecular complexity index is 496. The number of benzene rings is 1. The van der Waals surface area contributed by atoms with E-state index in [4.69, 9.17) is 11.5 Å². The fourth-order valence-electron chi connectivity index (χ4n) is 2.93. The molecule has 1 fully saturated rings. The summed E-state index contributed by atoms with van der Waals surface area (Å²) in [7, 11) is 0. The maximum absolute atomic E-state index is 11.3. The summed E-state index contributed by atoms with van der Waals surface area (Å²) in [4.78, 5) is 22.7. The molecule has 0 bridgehead atoms. The van der Waals surface area contributed by atoms with E-state index in [0.717, 1.165) is 18.5 Å². The number of carbonyl (C=O) groups excluding carboxylic acids is 2. The Balaban J connectivity index is 2.26. The standard InChI is InChI=1S/C15H21N3O2/c1-2-9-4-3-5-13(9)18-12-7-10(14(16)19)6-11(8-12)15(17)20/h6-9,13,18H,2-5H2,1H3,(H2,16,19)(H2,17,20). The maximum Gasteiger partial charge on any atom is 0.248 e. The van der Waals surface area contributed by atoms with Gasteiger partial charge in [0.2, 0.25) is 11.8 Å². The van der Waals surface area contributed by atoms with Gasteiger partial charge in [-0.15, -0.1) is 0 Å². The van der Waals surface area contributed by atoms with Crippen LogP contribution in [-0.2, 0) is 0 Å². The predicted octanol–water partition coefficient (Wildman–Crippen LogP) is 1.88. The van der Waals surface area contributed by atoms with E-state index in [9.17, 15) is 9.59 Å². The van der Waals surface area contributed by atoms with Crippen molar-refractivity contribution in [1.29, 1.82) is 0 Å². The minimum Gasteiger partial charge on any atom is -0.382 e. The molecule has 108 valence electrons. The SMILES string of the molecule is CCC1CCCC1Nc1cc(C(N)=O)cc(C(N)=O)c1. The number of rotatable bonds is 5. The molecule has 1 aromatic carbocycles. The summed E-state index contributed by atoms with van der Waals surface area (Å²) in [6.07, 6.45) is 4.64. The van der Waals surface area contributed by atoms with Crippen LogP contribution in [0.1, 0.15) is 53.3 Å². The summed E-state index contributed by atoms with van der Waals surface area (Å²) in [5.74, 6) is -0.492. The molecule has 1 aromatic rings. The van der Waals surface area contributed by atoms with Gasteiger partial charge in [0.05, 0.1) is 0 Å². The van der Waals surface area contributed by atoms with Crippen molar-refractivity contribution in [3.63, 3.8) is 0 Å². The number of anilines is 1. The highest BCUT2D eigenvalue weighted by Gasteiger charge is 2.25. The van der Waals surface area contributed by atoms with Gasteiger partial charge >= 0.3 is 0 Å². The molecule has 20 heavy (non-hydrogen) atoms. The molecule has 2 rings (SSSR count). The highest BCUT2D eigenvalue weighted by Crippen LogP contribution is 2.31. The van der Waals surface area contributed by atoms with E-state index in [0.29, 0.717) is 23.1 Å². The quantitative estimate of drug-likeness (QED) is 0.765. The minimum atomic E-state index is -0.561. The normalized spacial score (nSPS) is 21.6. The minimum absolute atomic E-state index is 0.301. The zero-order chi connectivity index (χ0) is 14.7. The van der Waals surface area contributed by atoms with E-state index in [1.165, 1.54) is 18.9 Å². The van der Waals surface area contributed by atoms with Gasteiger partial charge in [-0.05, 0) is 37.0 Å². The zero-order valence-corrected chi connectivity index (χ0v) is 11.7. The van der Waals surface area contributed by atoms with Crippen molar-refractivity contribution in [1.82, 2.24) is 0 Å². The molecule has 0 aliphatic heterocycles. The molecular formula is C15H21N3O2. The highest BCUT2D eigenvalue weighted by molar-refractivity contribution is 5.99. The Hall–Kier alpha value is -2.04. The molecule has 2 unspecified atom stereocenters. The molecule has 2 amide bonds. The fourth-order valence-corrected chi connectivity index (χ4v) is 2.93. The molecule has 0 saturated heterocycles. The lowest BCUT2D eigenvalue weighted by Crippen LogP contribution is -2.24. The summed E-state index contributed by atoms with van der Waals surface area (Å²) in [5.41, 5.74) is 11.9. The Kier molecular flexibility index (Phi) is 4.27. The molecular weight excluding hydrogens is 254 g/mol. The molecule has 1 aliphatic carbocycles. The van der Waals surface area contributed by atoms with Crippen LogP contribution in [0, 0.1) is 5.92 Å². The maximum atomic E-state index is 11.3. The molecule has 2 atom stereocenters. The van der Waals surface area contributed by atoms with Gasteiger partial charge in [-0.3, -0.25) is 9.59 Å². The van der Waals surface area contributed by atoms with Crippen molar-refractivity contribution in [3.05, 3.63) is 29.3 Å². The van der Waals surface area contributed by atoms with E-state index in [1.807, 2.05) is 0 Å². The third-order valence-electron chi connectivity index (χ3n) is 4.04. The smallest absolute Gasteiger partial charge is 0.248 e. The van der Waals surface area contributed by atoms with Crippen LogP contribution in [0.2, 0.25) is 0 Å². The Morgan fingerprint density at radius 3 is 2.25 bits per heavy atom. The average molecular weight is 275 g/mol. The van der Waals surface area contributed by atoms with Crippen LogP contribution in [-0.4, -0.2) is 17.9 Å². The molecule has 5 heteroatoms. The van der Waals surface area contributed by atoms with Crippen LogP contribution < -0.4 is 16.8 Å². The first-order valence-electron chi connectivity index (χ1n) is 7.02. The van der Waals surface area contributed by atoms with Gasteiger partial charge in [0, 0.05) is 22.9 Å². The van der Waals surface area contributed by atoms with Gasteiger partial charge in [-0.1, -0.05) is 19.8 Å². The van der Waals surface area contributed by atoms with Crippen LogP contribution >= 0.6 is 0 Å². The predicted molar refractivity (Wildman–Crippen MR) is 78.5 cm³/mol. The second kappa shape index (κ2) is 5.94. The van der Waals surface area contributed by atoms with Crippen LogP contribution in [0.4, 0.5) is 5.69 Å². The van der Waals surface area contributed by atoms with E-state index in [-0.39, 0.29) is 0 Å². The van der Waals surface area contributed by atoms with E-state index >= 15 is 0 Å². The first-order chi connectivity index (χ1) is 9.51. The van der Waals surface area contributed by atoms with Crippen molar-refractivity contribution in [2.24, 2.45) is 17.4 Å². The van der Waals surface area contributed by atoms with Gasteiger partial charge in [-0.2, -0.15) is 0 Å². The van der Waals surface area contributed by atoms with Crippen LogP contribution in [0.15, 0.2) is 18.2 Å². The summed E-state index contributed by atoms with van der Waals surface area (Å²) in [5, 5.41) is 3.42. The topological polar surface area (TPSA) is 98.2 Å². The highest BCUT2D eigenvalue weighted by atomic mass is 16.1. The number of amides is 2. The monoisotopic (exact) mass is 275 g/mol.